The van der Waals surface area contributed by atoms with Crippen LogP contribution in [-0.4, -0.2) is 58.0 Å². The smallest absolute Gasteiger partial charge is 0.223 e. The number of rotatable bonds is 10. The van der Waals surface area contributed by atoms with Gasteiger partial charge < -0.3 is 15.8 Å². The summed E-state index contributed by atoms with van der Waals surface area (Å²) in [4.78, 5) is 28.7. The minimum atomic E-state index is -0.265. The molecule has 196 valence electrons. The molecule has 3 aromatic rings. The summed E-state index contributed by atoms with van der Waals surface area (Å²) in [7, 11) is 0. The van der Waals surface area contributed by atoms with Crippen molar-refractivity contribution in [2.75, 3.05) is 31.6 Å². The van der Waals surface area contributed by atoms with Gasteiger partial charge in [0.1, 0.15) is 24.0 Å². The largest absolute Gasteiger partial charge is 0.492 e. The Hall–Kier alpha value is -3.78. The highest BCUT2D eigenvalue weighted by Gasteiger charge is 2.47. The molecule has 0 unspecified atom stereocenters. The number of benzene rings is 1. The molecule has 1 saturated carbocycles. The molecule has 6 rings (SSSR count). The molecule has 3 aliphatic rings. The third kappa shape index (κ3) is 5.27. The molecule has 1 saturated heterocycles. The number of allylic oxidation sites excluding steroid dienone is 1. The first-order valence-corrected chi connectivity index (χ1v) is 13.6. The standard InChI is InChI=1S/C30H34N6O2/c31-29(37)27-21-7-8-22(17-21)28(27)35-30-25(23-4-3-11-32-18-23)19-33-26(34-30)16-20-5-9-24(10-6-20)38-15-14-36-12-1-2-13-36/h3-11,18-19,21-22,27-28H,1-2,12-17H2,(H2,31,37)(H,33,34,35)/t21-,22+,27+,28-/m1/s1. The van der Waals surface area contributed by atoms with Gasteiger partial charge in [0, 0.05) is 48.7 Å². The number of nitrogens with zero attached hydrogens (tertiary/aromatic N) is 4. The Morgan fingerprint density at radius 1 is 1.08 bits per heavy atom. The number of likely N-dealkylation sites (tertiary alicyclic amines) is 1. The van der Waals surface area contributed by atoms with E-state index < -0.39 is 0 Å². The van der Waals surface area contributed by atoms with Crippen LogP contribution in [0, 0.1) is 17.8 Å². The lowest BCUT2D eigenvalue weighted by molar-refractivity contribution is -0.122. The maximum Gasteiger partial charge on any atom is 0.223 e. The first kappa shape index (κ1) is 24.6. The number of ether oxygens (including phenoxy) is 1. The normalized spacial score (nSPS) is 24.1. The van der Waals surface area contributed by atoms with Crippen LogP contribution in [0.5, 0.6) is 5.75 Å². The van der Waals surface area contributed by atoms with E-state index in [0.29, 0.717) is 24.7 Å². The highest BCUT2D eigenvalue weighted by molar-refractivity contribution is 5.81. The molecule has 3 N–H and O–H groups in total. The molecule has 38 heavy (non-hydrogen) atoms. The summed E-state index contributed by atoms with van der Waals surface area (Å²) < 4.78 is 5.95. The number of carbonyl (C=O) groups excluding carboxylic acids is 1. The van der Waals surface area contributed by atoms with Gasteiger partial charge in [-0.05, 0) is 68.0 Å². The molecular formula is C30H34N6O2. The number of anilines is 1. The van der Waals surface area contributed by atoms with E-state index in [1.165, 1.54) is 25.9 Å². The van der Waals surface area contributed by atoms with E-state index in [-0.39, 0.29) is 29.7 Å². The van der Waals surface area contributed by atoms with E-state index in [4.69, 9.17) is 15.5 Å². The SMILES string of the molecule is NC(=O)[C@@H]1[C@H](Nc2nc(Cc3ccc(OCCN4CCCC4)cc3)ncc2-c2cccnc2)[C@H]2C=C[C@@H]1C2. The number of nitrogens with one attached hydrogen (secondary N) is 1. The third-order valence-electron chi connectivity index (χ3n) is 8.06. The molecule has 3 heterocycles. The predicted octanol–water partition coefficient (Wildman–Crippen LogP) is 3.69. The van der Waals surface area contributed by atoms with Gasteiger partial charge >= 0.3 is 0 Å². The van der Waals surface area contributed by atoms with E-state index in [2.05, 4.69) is 44.5 Å². The Labute approximate surface area is 223 Å². The Bertz CT molecular complexity index is 1290. The van der Waals surface area contributed by atoms with Crippen LogP contribution < -0.4 is 15.8 Å². The molecule has 2 aromatic heterocycles. The number of amides is 1. The lowest BCUT2D eigenvalue weighted by Gasteiger charge is -2.28. The second-order valence-electron chi connectivity index (χ2n) is 10.6. The first-order valence-electron chi connectivity index (χ1n) is 13.6. The highest BCUT2D eigenvalue weighted by Crippen LogP contribution is 2.45. The van der Waals surface area contributed by atoms with Gasteiger partial charge in [0.25, 0.3) is 0 Å². The number of pyridine rings is 1. The summed E-state index contributed by atoms with van der Waals surface area (Å²) in [5, 5.41) is 3.60. The molecule has 8 nitrogen and oxygen atoms in total. The zero-order chi connectivity index (χ0) is 25.9. The lowest BCUT2D eigenvalue weighted by atomic mass is 9.88. The molecule has 2 bridgehead atoms. The number of hydrogen-bond acceptors (Lipinski definition) is 7. The van der Waals surface area contributed by atoms with Crippen molar-refractivity contribution < 1.29 is 9.53 Å². The van der Waals surface area contributed by atoms with Crippen LogP contribution in [0.15, 0.2) is 67.1 Å². The van der Waals surface area contributed by atoms with Crippen molar-refractivity contribution in [1.82, 2.24) is 19.9 Å². The highest BCUT2D eigenvalue weighted by atomic mass is 16.5. The molecule has 2 fully saturated rings. The lowest BCUT2D eigenvalue weighted by Crippen LogP contribution is -2.41. The summed E-state index contributed by atoms with van der Waals surface area (Å²) in [5.74, 6) is 2.23. The number of nitrogens with two attached hydrogens (primary N) is 1. The van der Waals surface area contributed by atoms with E-state index >= 15 is 0 Å². The molecular weight excluding hydrogens is 476 g/mol. The van der Waals surface area contributed by atoms with Gasteiger partial charge in [-0.2, -0.15) is 0 Å². The van der Waals surface area contributed by atoms with E-state index in [1.807, 2.05) is 30.5 Å². The second-order valence-corrected chi connectivity index (χ2v) is 10.6. The van der Waals surface area contributed by atoms with Gasteiger partial charge in [0.2, 0.25) is 5.91 Å². The number of aromatic nitrogens is 3. The summed E-state index contributed by atoms with van der Waals surface area (Å²) in [6.45, 7) is 4.04. The monoisotopic (exact) mass is 510 g/mol. The van der Waals surface area contributed by atoms with Gasteiger partial charge in [-0.15, -0.1) is 0 Å². The van der Waals surface area contributed by atoms with Gasteiger partial charge in [0.15, 0.2) is 0 Å². The van der Waals surface area contributed by atoms with Crippen molar-refractivity contribution in [2.45, 2.75) is 31.7 Å². The molecule has 0 spiro atoms. The fourth-order valence-electron chi connectivity index (χ4n) is 6.10. The summed E-state index contributed by atoms with van der Waals surface area (Å²) >= 11 is 0. The minimum Gasteiger partial charge on any atom is -0.492 e. The van der Waals surface area contributed by atoms with Gasteiger partial charge in [0.05, 0.1) is 5.92 Å². The first-order chi connectivity index (χ1) is 18.6. The molecule has 4 atom stereocenters. The van der Waals surface area contributed by atoms with Gasteiger partial charge in [-0.3, -0.25) is 14.7 Å². The molecule has 2 aliphatic carbocycles. The van der Waals surface area contributed by atoms with Crippen LogP contribution in [0.4, 0.5) is 5.82 Å². The average molecular weight is 511 g/mol. The zero-order valence-corrected chi connectivity index (χ0v) is 21.5. The predicted molar refractivity (Wildman–Crippen MR) is 147 cm³/mol. The summed E-state index contributed by atoms with van der Waals surface area (Å²) in [6.07, 6.45) is 13.8. The molecule has 0 radical (unpaired) electrons. The Morgan fingerprint density at radius 3 is 2.66 bits per heavy atom. The van der Waals surface area contributed by atoms with Crippen molar-refractivity contribution in [2.24, 2.45) is 23.5 Å². The van der Waals surface area contributed by atoms with Crippen LogP contribution in [0.25, 0.3) is 11.1 Å². The van der Waals surface area contributed by atoms with Crippen molar-refractivity contribution in [1.29, 1.82) is 0 Å². The Kier molecular flexibility index (Phi) is 7.05. The topological polar surface area (TPSA) is 106 Å². The average Bonchev–Trinajstić information content (AvgIpc) is 3.69. The molecule has 1 aliphatic heterocycles. The third-order valence-corrected chi connectivity index (χ3v) is 8.06. The van der Waals surface area contributed by atoms with Crippen LogP contribution in [0.2, 0.25) is 0 Å². The van der Waals surface area contributed by atoms with Crippen molar-refractivity contribution >= 4 is 11.7 Å². The summed E-state index contributed by atoms with van der Waals surface area (Å²) in [5.41, 5.74) is 8.70. The van der Waals surface area contributed by atoms with Gasteiger partial charge in [-0.25, -0.2) is 9.97 Å². The Morgan fingerprint density at radius 2 is 1.89 bits per heavy atom. The zero-order valence-electron chi connectivity index (χ0n) is 21.5. The van der Waals surface area contributed by atoms with Gasteiger partial charge in [-0.1, -0.05) is 30.4 Å². The summed E-state index contributed by atoms with van der Waals surface area (Å²) in [6, 6.07) is 12.0. The van der Waals surface area contributed by atoms with E-state index in [9.17, 15) is 4.79 Å². The van der Waals surface area contributed by atoms with Crippen LogP contribution >= 0.6 is 0 Å². The van der Waals surface area contributed by atoms with Crippen LogP contribution in [0.1, 0.15) is 30.7 Å². The van der Waals surface area contributed by atoms with Crippen LogP contribution in [0.3, 0.4) is 0 Å². The van der Waals surface area contributed by atoms with Crippen molar-refractivity contribution in [3.63, 3.8) is 0 Å². The quantitative estimate of drug-likeness (QED) is 0.401. The second kappa shape index (κ2) is 10.9. The van der Waals surface area contributed by atoms with Crippen molar-refractivity contribution in [3.8, 4) is 16.9 Å². The Balaban J connectivity index is 1.19. The number of hydrogen-bond donors (Lipinski definition) is 2. The fraction of sp³-hybridized carbons (Fsp3) is 0.400. The maximum atomic E-state index is 12.3. The minimum absolute atomic E-state index is 0.0855. The molecule has 1 aromatic carbocycles. The number of carbonyl (C=O) groups is 1. The fourth-order valence-corrected chi connectivity index (χ4v) is 6.10. The molecule has 8 heteroatoms. The number of primary amides is 1. The number of fused-ring (bicyclic) bond motifs is 2. The maximum absolute atomic E-state index is 12.3. The van der Waals surface area contributed by atoms with E-state index in [1.54, 1.807) is 12.4 Å². The van der Waals surface area contributed by atoms with Crippen LogP contribution in [-0.2, 0) is 11.2 Å². The van der Waals surface area contributed by atoms with E-state index in [0.717, 1.165) is 35.4 Å². The van der Waals surface area contributed by atoms with Crippen molar-refractivity contribution in [3.05, 3.63) is 78.5 Å². The molecule has 1 amide bonds.